The highest BCUT2D eigenvalue weighted by atomic mass is 16.5. The molecule has 0 aromatic carbocycles. The van der Waals surface area contributed by atoms with Gasteiger partial charge in [0.15, 0.2) is 0 Å². The summed E-state index contributed by atoms with van der Waals surface area (Å²) in [5, 5.41) is 2.99. The van der Waals surface area contributed by atoms with E-state index in [9.17, 15) is 4.79 Å². The third kappa shape index (κ3) is 2.43. The lowest BCUT2D eigenvalue weighted by Gasteiger charge is -2.27. The fourth-order valence-electron chi connectivity index (χ4n) is 1.51. The first-order valence-corrected chi connectivity index (χ1v) is 4.87. The number of hydrogen-bond acceptors (Lipinski definition) is 4. The van der Waals surface area contributed by atoms with E-state index in [4.69, 9.17) is 10.5 Å². The Morgan fingerprint density at radius 3 is 2.93 bits per heavy atom. The number of carbonyl (C=O) groups is 1. The molecule has 3 N–H and O–H groups in total. The average molecular weight is 201 g/mol. The predicted octanol–water partition coefficient (Wildman–Crippen LogP) is -1.22. The van der Waals surface area contributed by atoms with Crippen LogP contribution in [-0.2, 0) is 9.53 Å². The van der Waals surface area contributed by atoms with Crippen molar-refractivity contribution in [3.63, 3.8) is 0 Å². The molecule has 1 unspecified atom stereocenters. The van der Waals surface area contributed by atoms with Crippen molar-refractivity contribution in [3.05, 3.63) is 0 Å². The van der Waals surface area contributed by atoms with Crippen LogP contribution < -0.4 is 11.1 Å². The van der Waals surface area contributed by atoms with Crippen molar-refractivity contribution in [1.82, 2.24) is 10.2 Å². The second kappa shape index (κ2) is 4.72. The van der Waals surface area contributed by atoms with Crippen LogP contribution in [0, 0.1) is 0 Å². The average Bonchev–Trinajstić information content (AvgIpc) is 2.61. The van der Waals surface area contributed by atoms with Crippen LogP contribution in [0.15, 0.2) is 0 Å². The highest BCUT2D eigenvalue weighted by molar-refractivity contribution is 5.86. The van der Waals surface area contributed by atoms with Gasteiger partial charge in [-0.1, -0.05) is 0 Å². The standard InChI is InChI=1S/C9H19N3O2/c1-11-4-5-12(2)8(13)9(10)3-6-14-7-9/h11H,3-7,10H2,1-2H3. The van der Waals surface area contributed by atoms with E-state index >= 15 is 0 Å². The fourth-order valence-corrected chi connectivity index (χ4v) is 1.51. The van der Waals surface area contributed by atoms with Crippen molar-refractivity contribution in [1.29, 1.82) is 0 Å². The van der Waals surface area contributed by atoms with Crippen LogP contribution in [0.2, 0.25) is 0 Å². The Bertz CT molecular complexity index is 202. The zero-order valence-corrected chi connectivity index (χ0v) is 8.88. The predicted molar refractivity (Wildman–Crippen MR) is 53.9 cm³/mol. The molecule has 5 nitrogen and oxygen atoms in total. The lowest BCUT2D eigenvalue weighted by Crippen LogP contribution is -2.55. The molecular weight excluding hydrogens is 182 g/mol. The molecule has 0 spiro atoms. The van der Waals surface area contributed by atoms with Gasteiger partial charge in [0, 0.05) is 26.7 Å². The summed E-state index contributed by atoms with van der Waals surface area (Å²) in [7, 11) is 3.63. The minimum Gasteiger partial charge on any atom is -0.379 e. The van der Waals surface area contributed by atoms with Crippen molar-refractivity contribution >= 4 is 5.91 Å². The number of carbonyl (C=O) groups excluding carboxylic acids is 1. The molecule has 0 aromatic heterocycles. The van der Waals surface area contributed by atoms with Gasteiger partial charge in [-0.2, -0.15) is 0 Å². The van der Waals surface area contributed by atoms with Crippen molar-refractivity contribution in [2.24, 2.45) is 5.73 Å². The maximum absolute atomic E-state index is 11.9. The smallest absolute Gasteiger partial charge is 0.244 e. The Morgan fingerprint density at radius 2 is 2.43 bits per heavy atom. The summed E-state index contributed by atoms with van der Waals surface area (Å²) in [6.45, 7) is 2.38. The zero-order chi connectivity index (χ0) is 10.6. The molecule has 82 valence electrons. The van der Waals surface area contributed by atoms with Gasteiger partial charge < -0.3 is 20.7 Å². The van der Waals surface area contributed by atoms with E-state index in [1.807, 2.05) is 7.05 Å². The number of nitrogens with two attached hydrogens (primary N) is 1. The highest BCUT2D eigenvalue weighted by Crippen LogP contribution is 2.17. The zero-order valence-electron chi connectivity index (χ0n) is 8.88. The van der Waals surface area contributed by atoms with E-state index in [-0.39, 0.29) is 5.91 Å². The van der Waals surface area contributed by atoms with Gasteiger partial charge in [-0.3, -0.25) is 4.79 Å². The van der Waals surface area contributed by atoms with E-state index in [2.05, 4.69) is 5.32 Å². The largest absolute Gasteiger partial charge is 0.379 e. The molecule has 0 radical (unpaired) electrons. The number of rotatable bonds is 4. The summed E-state index contributed by atoms with van der Waals surface area (Å²) in [6, 6.07) is 0. The molecule has 1 atom stereocenters. The minimum atomic E-state index is -0.789. The van der Waals surface area contributed by atoms with E-state index in [0.29, 0.717) is 26.2 Å². The van der Waals surface area contributed by atoms with Crippen LogP contribution in [-0.4, -0.2) is 56.7 Å². The molecule has 1 heterocycles. The molecule has 0 bridgehead atoms. The Balaban J connectivity index is 2.46. The van der Waals surface area contributed by atoms with Crippen LogP contribution in [0.1, 0.15) is 6.42 Å². The number of nitrogens with zero attached hydrogens (tertiary/aromatic N) is 1. The van der Waals surface area contributed by atoms with Gasteiger partial charge in [-0.05, 0) is 13.5 Å². The molecule has 1 amide bonds. The number of likely N-dealkylation sites (N-methyl/N-ethyl adjacent to an activating group) is 2. The molecule has 0 aliphatic carbocycles. The second-order valence-electron chi connectivity index (χ2n) is 3.79. The van der Waals surface area contributed by atoms with Crippen molar-refractivity contribution < 1.29 is 9.53 Å². The Morgan fingerprint density at radius 1 is 1.71 bits per heavy atom. The third-order valence-corrected chi connectivity index (χ3v) is 2.52. The number of ether oxygens (including phenoxy) is 1. The molecule has 0 aromatic rings. The maximum Gasteiger partial charge on any atom is 0.244 e. The summed E-state index contributed by atoms with van der Waals surface area (Å²) in [6.07, 6.45) is 0.621. The molecule has 1 aliphatic heterocycles. The van der Waals surface area contributed by atoms with Crippen molar-refractivity contribution in [2.45, 2.75) is 12.0 Å². The van der Waals surface area contributed by atoms with Crippen molar-refractivity contribution in [2.75, 3.05) is 40.4 Å². The van der Waals surface area contributed by atoms with E-state index in [1.165, 1.54) is 0 Å². The lowest BCUT2D eigenvalue weighted by atomic mass is 9.98. The molecule has 1 fully saturated rings. The van der Waals surface area contributed by atoms with Crippen LogP contribution in [0.25, 0.3) is 0 Å². The molecular formula is C9H19N3O2. The van der Waals surface area contributed by atoms with Gasteiger partial charge in [0.2, 0.25) is 5.91 Å². The topological polar surface area (TPSA) is 67.6 Å². The Hall–Kier alpha value is -0.650. The lowest BCUT2D eigenvalue weighted by molar-refractivity contribution is -0.135. The summed E-state index contributed by atoms with van der Waals surface area (Å²) in [4.78, 5) is 13.5. The van der Waals surface area contributed by atoms with Crippen molar-refractivity contribution in [3.8, 4) is 0 Å². The van der Waals surface area contributed by atoms with Gasteiger partial charge in [-0.15, -0.1) is 0 Å². The molecule has 0 saturated carbocycles. The Labute approximate surface area is 84.6 Å². The van der Waals surface area contributed by atoms with Gasteiger partial charge in [0.05, 0.1) is 6.61 Å². The SMILES string of the molecule is CNCCN(C)C(=O)C1(N)CCOC1. The fraction of sp³-hybridized carbons (Fsp3) is 0.889. The molecule has 1 rings (SSSR count). The van der Waals surface area contributed by atoms with Gasteiger partial charge in [0.25, 0.3) is 0 Å². The number of hydrogen-bond donors (Lipinski definition) is 2. The molecule has 5 heteroatoms. The maximum atomic E-state index is 11.9. The van der Waals surface area contributed by atoms with Crippen LogP contribution in [0.5, 0.6) is 0 Å². The van der Waals surface area contributed by atoms with Crippen LogP contribution in [0.4, 0.5) is 0 Å². The summed E-state index contributed by atoms with van der Waals surface area (Å²) in [5.74, 6) is -0.0229. The number of nitrogens with one attached hydrogen (secondary N) is 1. The van der Waals surface area contributed by atoms with E-state index < -0.39 is 5.54 Å². The second-order valence-corrected chi connectivity index (χ2v) is 3.79. The van der Waals surface area contributed by atoms with E-state index in [1.54, 1.807) is 11.9 Å². The summed E-state index contributed by atoms with van der Waals surface area (Å²) < 4.78 is 5.15. The number of amides is 1. The molecule has 14 heavy (non-hydrogen) atoms. The van der Waals surface area contributed by atoms with Gasteiger partial charge in [0.1, 0.15) is 5.54 Å². The first kappa shape index (κ1) is 11.4. The summed E-state index contributed by atoms with van der Waals surface area (Å²) in [5.41, 5.74) is 5.15. The third-order valence-electron chi connectivity index (χ3n) is 2.52. The molecule has 1 aliphatic rings. The normalized spacial score (nSPS) is 26.5. The summed E-state index contributed by atoms with van der Waals surface area (Å²) >= 11 is 0. The quantitative estimate of drug-likeness (QED) is 0.598. The van der Waals surface area contributed by atoms with E-state index in [0.717, 1.165) is 6.54 Å². The Kier molecular flexibility index (Phi) is 3.86. The van der Waals surface area contributed by atoms with Gasteiger partial charge >= 0.3 is 0 Å². The molecule has 1 saturated heterocycles. The minimum absolute atomic E-state index is 0.0229. The van der Waals surface area contributed by atoms with Crippen LogP contribution >= 0.6 is 0 Å². The van der Waals surface area contributed by atoms with Gasteiger partial charge in [-0.25, -0.2) is 0 Å². The van der Waals surface area contributed by atoms with Crippen LogP contribution in [0.3, 0.4) is 0 Å². The monoisotopic (exact) mass is 201 g/mol. The first-order chi connectivity index (χ1) is 6.60. The highest BCUT2D eigenvalue weighted by Gasteiger charge is 2.39. The first-order valence-electron chi connectivity index (χ1n) is 4.87.